The van der Waals surface area contributed by atoms with Gasteiger partial charge in [0.2, 0.25) is 0 Å². The Kier molecular flexibility index (Phi) is 7.31. The molecule has 3 aliphatic carbocycles. The van der Waals surface area contributed by atoms with Crippen molar-refractivity contribution in [1.82, 2.24) is 10.2 Å². The third-order valence-electron chi connectivity index (χ3n) is 8.18. The third-order valence-corrected chi connectivity index (χ3v) is 8.18. The molecular formula is C31H38N2O6. The third kappa shape index (κ3) is 5.75. The molecule has 0 unspecified atom stereocenters. The quantitative estimate of drug-likeness (QED) is 0.456. The van der Waals surface area contributed by atoms with Gasteiger partial charge in [-0.15, -0.1) is 0 Å². The summed E-state index contributed by atoms with van der Waals surface area (Å²) in [7, 11) is 0. The van der Waals surface area contributed by atoms with E-state index in [1.54, 1.807) is 25.7 Å². The number of carbonyl (C=O) groups is 3. The Morgan fingerprint density at radius 3 is 2.13 bits per heavy atom. The zero-order chi connectivity index (χ0) is 27.8. The molecule has 2 aromatic rings. The van der Waals surface area contributed by atoms with E-state index in [2.05, 4.69) is 29.6 Å². The summed E-state index contributed by atoms with van der Waals surface area (Å²) < 4.78 is 11.5. The molecule has 2 N–H and O–H groups in total. The number of carboxylic acid groups (broad SMARTS) is 1. The average Bonchev–Trinajstić information content (AvgIpc) is 3.62. The molecule has 8 nitrogen and oxygen atoms in total. The van der Waals surface area contributed by atoms with Crippen LogP contribution in [-0.4, -0.2) is 59.0 Å². The van der Waals surface area contributed by atoms with Crippen molar-refractivity contribution < 1.29 is 29.0 Å². The molecule has 0 radical (unpaired) electrons. The second kappa shape index (κ2) is 10.5. The smallest absolute Gasteiger partial charge is 0.410 e. The van der Waals surface area contributed by atoms with Crippen molar-refractivity contribution in [1.29, 1.82) is 0 Å². The SMILES string of the molecule is CC(C)(C)OC(=O)N[C@@H]1CCCC[C@H]1N(CC1(C(=O)O)CC1)C(=O)OCC1c2ccccc2-c2ccccc21. The zero-order valence-electron chi connectivity index (χ0n) is 22.9. The first-order valence-electron chi connectivity index (χ1n) is 13.9. The van der Waals surface area contributed by atoms with Crippen LogP contribution in [0.4, 0.5) is 9.59 Å². The van der Waals surface area contributed by atoms with E-state index in [0.717, 1.165) is 35.1 Å². The van der Waals surface area contributed by atoms with Crippen LogP contribution in [0.5, 0.6) is 0 Å². The lowest BCUT2D eigenvalue weighted by Crippen LogP contribution is -2.57. The van der Waals surface area contributed by atoms with Crippen LogP contribution in [-0.2, 0) is 14.3 Å². The number of alkyl carbamates (subject to hydrolysis) is 1. The topological polar surface area (TPSA) is 105 Å². The number of fused-ring (bicyclic) bond motifs is 3. The molecule has 0 bridgehead atoms. The fourth-order valence-corrected chi connectivity index (χ4v) is 6.02. The fourth-order valence-electron chi connectivity index (χ4n) is 6.02. The summed E-state index contributed by atoms with van der Waals surface area (Å²) >= 11 is 0. The summed E-state index contributed by atoms with van der Waals surface area (Å²) in [5.74, 6) is -0.994. The second-order valence-electron chi connectivity index (χ2n) is 12.1. The average molecular weight is 535 g/mol. The number of rotatable bonds is 7. The number of aliphatic carboxylic acids is 1. The van der Waals surface area contributed by atoms with Crippen LogP contribution < -0.4 is 5.32 Å². The van der Waals surface area contributed by atoms with E-state index in [1.807, 2.05) is 24.3 Å². The highest BCUT2D eigenvalue weighted by Gasteiger charge is 2.53. The summed E-state index contributed by atoms with van der Waals surface area (Å²) in [5, 5.41) is 12.9. The monoisotopic (exact) mass is 534 g/mol. The fraction of sp³-hybridized carbons (Fsp3) is 0.516. The predicted molar refractivity (Wildman–Crippen MR) is 146 cm³/mol. The van der Waals surface area contributed by atoms with Crippen LogP contribution in [0, 0.1) is 5.41 Å². The molecule has 0 spiro atoms. The van der Waals surface area contributed by atoms with Gasteiger partial charge < -0.3 is 24.8 Å². The Labute approximate surface area is 229 Å². The number of hydrogen-bond donors (Lipinski definition) is 2. The van der Waals surface area contributed by atoms with Crippen LogP contribution in [0.1, 0.15) is 76.3 Å². The minimum absolute atomic E-state index is 0.0656. The Hall–Kier alpha value is -3.55. The number of hydrogen-bond acceptors (Lipinski definition) is 5. The van der Waals surface area contributed by atoms with Crippen LogP contribution in [0.25, 0.3) is 11.1 Å². The molecule has 0 heterocycles. The van der Waals surface area contributed by atoms with Gasteiger partial charge in [0.15, 0.2) is 0 Å². The maximum absolute atomic E-state index is 13.8. The molecule has 0 saturated heterocycles. The normalized spacial score (nSPS) is 21.3. The molecule has 2 atom stereocenters. The molecule has 0 aliphatic heterocycles. The van der Waals surface area contributed by atoms with Crippen molar-refractivity contribution in [3.8, 4) is 11.1 Å². The van der Waals surface area contributed by atoms with Crippen molar-refractivity contribution >= 4 is 18.2 Å². The van der Waals surface area contributed by atoms with Crippen LogP contribution in [0.3, 0.4) is 0 Å². The Morgan fingerprint density at radius 1 is 0.974 bits per heavy atom. The highest BCUT2D eigenvalue weighted by atomic mass is 16.6. The molecule has 2 saturated carbocycles. The number of carbonyl (C=O) groups excluding carboxylic acids is 2. The molecular weight excluding hydrogens is 496 g/mol. The first-order chi connectivity index (χ1) is 18.6. The van der Waals surface area contributed by atoms with Gasteiger partial charge in [-0.2, -0.15) is 0 Å². The summed E-state index contributed by atoms with van der Waals surface area (Å²) in [6, 6.07) is 15.6. The van der Waals surface area contributed by atoms with Gasteiger partial charge >= 0.3 is 18.2 Å². The lowest BCUT2D eigenvalue weighted by Gasteiger charge is -2.40. The Morgan fingerprint density at radius 2 is 1.56 bits per heavy atom. The Bertz CT molecular complexity index is 1200. The van der Waals surface area contributed by atoms with E-state index in [1.165, 1.54) is 0 Å². The summed E-state index contributed by atoms with van der Waals surface area (Å²) in [6.45, 7) is 5.63. The molecule has 2 fully saturated rings. The van der Waals surface area contributed by atoms with Crippen LogP contribution in [0.15, 0.2) is 48.5 Å². The molecule has 8 heteroatoms. The molecule has 5 rings (SSSR count). The first-order valence-corrected chi connectivity index (χ1v) is 13.9. The van der Waals surface area contributed by atoms with Gasteiger partial charge in [0, 0.05) is 12.5 Å². The first kappa shape index (κ1) is 27.0. The van der Waals surface area contributed by atoms with Gasteiger partial charge in [-0.1, -0.05) is 61.4 Å². The van der Waals surface area contributed by atoms with E-state index in [4.69, 9.17) is 9.47 Å². The van der Waals surface area contributed by atoms with E-state index in [9.17, 15) is 19.5 Å². The highest BCUT2D eigenvalue weighted by molar-refractivity contribution is 5.80. The molecule has 2 aromatic carbocycles. The highest BCUT2D eigenvalue weighted by Crippen LogP contribution is 2.48. The largest absolute Gasteiger partial charge is 0.481 e. The number of carboxylic acids is 1. The minimum atomic E-state index is -0.959. The van der Waals surface area contributed by atoms with E-state index >= 15 is 0 Å². The van der Waals surface area contributed by atoms with Crippen LogP contribution >= 0.6 is 0 Å². The number of ether oxygens (including phenoxy) is 2. The maximum Gasteiger partial charge on any atom is 0.410 e. The number of benzene rings is 2. The second-order valence-corrected chi connectivity index (χ2v) is 12.1. The molecule has 2 amide bonds. The van der Waals surface area contributed by atoms with E-state index < -0.39 is 29.2 Å². The molecule has 39 heavy (non-hydrogen) atoms. The van der Waals surface area contributed by atoms with E-state index in [-0.39, 0.29) is 31.2 Å². The molecule has 3 aliphatic rings. The molecule has 0 aromatic heterocycles. The standard InChI is InChI=1S/C31H38N2O6/c1-30(2,3)39-28(36)32-25-14-8-9-15-26(25)33(19-31(16-17-31)27(34)35)29(37)38-18-24-22-12-6-4-10-20(22)21-11-5-7-13-23(21)24/h4-7,10-13,24-26H,8-9,14-19H2,1-3H3,(H,32,36)(H,34,35)/t25-,26-/m1/s1. The van der Waals surface area contributed by atoms with Gasteiger partial charge in [0.05, 0.1) is 17.5 Å². The van der Waals surface area contributed by atoms with E-state index in [0.29, 0.717) is 25.7 Å². The Balaban J connectivity index is 1.36. The van der Waals surface area contributed by atoms with Crippen molar-refractivity contribution in [3.63, 3.8) is 0 Å². The zero-order valence-corrected chi connectivity index (χ0v) is 22.9. The summed E-state index contributed by atoms with van der Waals surface area (Å²) in [6.07, 6.45) is 3.08. The van der Waals surface area contributed by atoms with Gasteiger partial charge in [-0.3, -0.25) is 4.79 Å². The van der Waals surface area contributed by atoms with Crippen LogP contribution in [0.2, 0.25) is 0 Å². The number of amides is 2. The summed E-state index contributed by atoms with van der Waals surface area (Å²) in [5.41, 5.74) is 2.90. The van der Waals surface area contributed by atoms with Crippen molar-refractivity contribution in [2.75, 3.05) is 13.2 Å². The lowest BCUT2D eigenvalue weighted by atomic mass is 9.88. The van der Waals surface area contributed by atoms with Crippen molar-refractivity contribution in [3.05, 3.63) is 59.7 Å². The maximum atomic E-state index is 13.8. The summed E-state index contributed by atoms with van der Waals surface area (Å²) in [4.78, 5) is 40.1. The minimum Gasteiger partial charge on any atom is -0.481 e. The van der Waals surface area contributed by atoms with Crippen molar-refractivity contribution in [2.24, 2.45) is 5.41 Å². The number of nitrogens with zero attached hydrogens (tertiary/aromatic N) is 1. The van der Waals surface area contributed by atoms with Gasteiger partial charge in [-0.05, 0) is 68.7 Å². The predicted octanol–water partition coefficient (Wildman–Crippen LogP) is 5.94. The lowest BCUT2D eigenvalue weighted by molar-refractivity contribution is -0.144. The van der Waals surface area contributed by atoms with Gasteiger partial charge in [0.1, 0.15) is 12.2 Å². The van der Waals surface area contributed by atoms with Gasteiger partial charge in [-0.25, -0.2) is 9.59 Å². The van der Waals surface area contributed by atoms with Gasteiger partial charge in [0.25, 0.3) is 0 Å². The van der Waals surface area contributed by atoms with Crippen molar-refractivity contribution in [2.45, 2.75) is 82.9 Å². The number of nitrogens with one attached hydrogen (secondary N) is 1. The molecule has 208 valence electrons.